The Morgan fingerprint density at radius 3 is 2.79 bits per heavy atom. The van der Waals surface area contributed by atoms with Crippen molar-refractivity contribution < 1.29 is 0 Å². The largest absolute Gasteiger partial charge is 0.367 e. The first kappa shape index (κ1) is 9.50. The Hall–Kier alpha value is -1.05. The number of nitrogens with one attached hydrogen (secondary N) is 1. The maximum atomic E-state index is 4.46. The third kappa shape index (κ3) is 1.61. The normalized spacial score (nSPS) is 20.4. The molecule has 2 nitrogen and oxygen atoms in total. The van der Waals surface area contributed by atoms with Crippen molar-refractivity contribution in [2.45, 2.75) is 45.6 Å². The van der Waals surface area contributed by atoms with E-state index in [-0.39, 0.29) is 5.41 Å². The van der Waals surface area contributed by atoms with Gasteiger partial charge >= 0.3 is 0 Å². The molecule has 0 radical (unpaired) electrons. The fourth-order valence-electron chi connectivity index (χ4n) is 1.82. The van der Waals surface area contributed by atoms with E-state index in [1.807, 2.05) is 6.20 Å². The molecule has 1 aromatic heterocycles. The molecule has 0 fully saturated rings. The Morgan fingerprint density at radius 2 is 2.14 bits per heavy atom. The van der Waals surface area contributed by atoms with Gasteiger partial charge in [-0.2, -0.15) is 0 Å². The van der Waals surface area contributed by atoms with Gasteiger partial charge in [-0.05, 0) is 36.0 Å². The molecule has 0 amide bonds. The molecule has 1 unspecified atom stereocenters. The van der Waals surface area contributed by atoms with Crippen LogP contribution in [-0.2, 0) is 11.8 Å². The highest BCUT2D eigenvalue weighted by Gasteiger charge is 2.21. The number of hydrogen-bond acceptors (Lipinski definition) is 2. The molecule has 76 valence electrons. The molecule has 0 aliphatic carbocycles. The predicted octanol–water partition coefficient (Wildman–Crippen LogP) is 2.74. The minimum Gasteiger partial charge on any atom is -0.367 e. The van der Waals surface area contributed by atoms with Gasteiger partial charge in [0.2, 0.25) is 0 Å². The predicted molar refractivity (Wildman–Crippen MR) is 59.7 cm³/mol. The molecular formula is C12H18N2. The van der Waals surface area contributed by atoms with Gasteiger partial charge in [-0.15, -0.1) is 0 Å². The summed E-state index contributed by atoms with van der Waals surface area (Å²) in [5, 5.41) is 3.36. The van der Waals surface area contributed by atoms with Crippen molar-refractivity contribution in [2.24, 2.45) is 0 Å². The maximum absolute atomic E-state index is 4.46. The summed E-state index contributed by atoms with van der Waals surface area (Å²) in [7, 11) is 0. The van der Waals surface area contributed by atoms with Gasteiger partial charge in [-0.25, -0.2) is 4.98 Å². The van der Waals surface area contributed by atoms with E-state index in [2.05, 4.69) is 44.1 Å². The van der Waals surface area contributed by atoms with Crippen LogP contribution in [-0.4, -0.2) is 11.0 Å². The van der Waals surface area contributed by atoms with Gasteiger partial charge in [0.15, 0.2) is 0 Å². The zero-order chi connectivity index (χ0) is 10.3. The first-order valence-electron chi connectivity index (χ1n) is 5.23. The molecular weight excluding hydrogens is 172 g/mol. The molecule has 1 N–H and O–H groups in total. The molecule has 2 heteroatoms. The monoisotopic (exact) mass is 190 g/mol. The second kappa shape index (κ2) is 2.97. The molecule has 2 heterocycles. The molecule has 0 saturated heterocycles. The van der Waals surface area contributed by atoms with Gasteiger partial charge in [0.1, 0.15) is 5.82 Å². The summed E-state index contributed by atoms with van der Waals surface area (Å²) in [5.74, 6) is 1.07. The summed E-state index contributed by atoms with van der Waals surface area (Å²) in [6, 6.07) is 2.83. The van der Waals surface area contributed by atoms with Crippen LogP contribution in [0.25, 0.3) is 0 Å². The van der Waals surface area contributed by atoms with Gasteiger partial charge < -0.3 is 5.32 Å². The van der Waals surface area contributed by atoms with Crippen LogP contribution in [0.5, 0.6) is 0 Å². The lowest BCUT2D eigenvalue weighted by Crippen LogP contribution is -2.11. The summed E-state index contributed by atoms with van der Waals surface area (Å²) in [4.78, 5) is 4.46. The third-order valence-corrected chi connectivity index (χ3v) is 2.74. The van der Waals surface area contributed by atoms with Crippen molar-refractivity contribution in [2.75, 3.05) is 5.32 Å². The molecule has 0 aromatic carbocycles. The Morgan fingerprint density at radius 1 is 1.43 bits per heavy atom. The summed E-state index contributed by atoms with van der Waals surface area (Å²) < 4.78 is 0. The van der Waals surface area contributed by atoms with Crippen molar-refractivity contribution in [3.05, 3.63) is 23.4 Å². The van der Waals surface area contributed by atoms with E-state index in [9.17, 15) is 0 Å². The SMILES string of the molecule is CC1Cc2cc(C(C)(C)C)cnc2N1. The molecule has 1 aliphatic heterocycles. The number of rotatable bonds is 0. The number of hydrogen-bond donors (Lipinski definition) is 1. The molecule has 1 aromatic rings. The fraction of sp³-hybridized carbons (Fsp3) is 0.583. The van der Waals surface area contributed by atoms with Gasteiger partial charge in [0.05, 0.1) is 0 Å². The van der Waals surface area contributed by atoms with E-state index < -0.39 is 0 Å². The minimum atomic E-state index is 0.202. The third-order valence-electron chi connectivity index (χ3n) is 2.74. The first-order chi connectivity index (χ1) is 6.47. The smallest absolute Gasteiger partial charge is 0.129 e. The molecule has 0 bridgehead atoms. The Balaban J connectivity index is 2.38. The van der Waals surface area contributed by atoms with Gasteiger partial charge in [-0.3, -0.25) is 0 Å². The molecule has 1 atom stereocenters. The summed E-state index contributed by atoms with van der Waals surface area (Å²) in [5.41, 5.74) is 2.89. The van der Waals surface area contributed by atoms with E-state index in [1.165, 1.54) is 11.1 Å². The first-order valence-corrected chi connectivity index (χ1v) is 5.23. The van der Waals surface area contributed by atoms with Crippen LogP contribution in [0.1, 0.15) is 38.8 Å². The number of fused-ring (bicyclic) bond motifs is 1. The van der Waals surface area contributed by atoms with Crippen LogP contribution in [0.2, 0.25) is 0 Å². The highest BCUT2D eigenvalue weighted by Crippen LogP contribution is 2.29. The van der Waals surface area contributed by atoms with Crippen molar-refractivity contribution >= 4 is 5.82 Å². The lowest BCUT2D eigenvalue weighted by molar-refractivity contribution is 0.587. The van der Waals surface area contributed by atoms with Crippen LogP contribution in [0.3, 0.4) is 0 Å². The zero-order valence-corrected chi connectivity index (χ0v) is 9.39. The van der Waals surface area contributed by atoms with Gasteiger partial charge in [-0.1, -0.05) is 20.8 Å². The van der Waals surface area contributed by atoms with Crippen molar-refractivity contribution in [1.82, 2.24) is 4.98 Å². The summed E-state index contributed by atoms with van der Waals surface area (Å²) in [6.07, 6.45) is 3.09. The van der Waals surface area contributed by atoms with Crippen molar-refractivity contribution in [3.8, 4) is 0 Å². The lowest BCUT2D eigenvalue weighted by atomic mass is 9.87. The van der Waals surface area contributed by atoms with Crippen molar-refractivity contribution in [3.63, 3.8) is 0 Å². The Bertz CT molecular complexity index is 350. The van der Waals surface area contributed by atoms with E-state index in [4.69, 9.17) is 0 Å². The van der Waals surface area contributed by atoms with Crippen molar-refractivity contribution in [1.29, 1.82) is 0 Å². The average Bonchev–Trinajstić information content (AvgIpc) is 2.41. The Labute approximate surface area is 85.7 Å². The second-order valence-corrected chi connectivity index (χ2v) is 5.23. The highest BCUT2D eigenvalue weighted by atomic mass is 15.0. The minimum absolute atomic E-state index is 0.202. The molecule has 0 saturated carbocycles. The average molecular weight is 190 g/mol. The zero-order valence-electron chi connectivity index (χ0n) is 9.39. The topological polar surface area (TPSA) is 24.9 Å². The van der Waals surface area contributed by atoms with Gasteiger partial charge in [0.25, 0.3) is 0 Å². The summed E-state index contributed by atoms with van der Waals surface area (Å²) in [6.45, 7) is 8.87. The van der Waals surface area contributed by atoms with E-state index in [0.29, 0.717) is 6.04 Å². The number of nitrogens with zero attached hydrogens (tertiary/aromatic N) is 1. The van der Waals surface area contributed by atoms with Crippen LogP contribution >= 0.6 is 0 Å². The van der Waals surface area contributed by atoms with E-state index in [1.54, 1.807) is 0 Å². The van der Waals surface area contributed by atoms with E-state index >= 15 is 0 Å². The van der Waals surface area contributed by atoms with Crippen LogP contribution in [0.4, 0.5) is 5.82 Å². The Kier molecular flexibility index (Phi) is 2.02. The van der Waals surface area contributed by atoms with Crippen LogP contribution in [0, 0.1) is 0 Å². The summed E-state index contributed by atoms with van der Waals surface area (Å²) >= 11 is 0. The quantitative estimate of drug-likeness (QED) is 0.680. The molecule has 0 spiro atoms. The number of anilines is 1. The standard InChI is InChI=1S/C12H18N2/c1-8-5-9-6-10(12(2,3)4)7-13-11(9)14-8/h6-8H,5H2,1-4H3,(H,13,14). The lowest BCUT2D eigenvalue weighted by Gasteiger charge is -2.18. The fourth-order valence-corrected chi connectivity index (χ4v) is 1.82. The van der Waals surface area contributed by atoms with Crippen LogP contribution < -0.4 is 5.32 Å². The molecule has 2 rings (SSSR count). The molecule has 14 heavy (non-hydrogen) atoms. The highest BCUT2D eigenvalue weighted by molar-refractivity contribution is 5.52. The molecule has 1 aliphatic rings. The second-order valence-electron chi connectivity index (χ2n) is 5.23. The van der Waals surface area contributed by atoms with E-state index in [0.717, 1.165) is 12.2 Å². The van der Waals surface area contributed by atoms with Crippen LogP contribution in [0.15, 0.2) is 12.3 Å². The number of aromatic nitrogens is 1. The number of pyridine rings is 1. The van der Waals surface area contributed by atoms with Gasteiger partial charge in [0, 0.05) is 12.2 Å². The maximum Gasteiger partial charge on any atom is 0.129 e.